The summed E-state index contributed by atoms with van der Waals surface area (Å²) in [5.41, 5.74) is 1.39. The Hall–Kier alpha value is -0.900. The molecule has 0 aromatic heterocycles. The molecule has 1 aliphatic heterocycles. The van der Waals surface area contributed by atoms with E-state index in [0.717, 1.165) is 32.8 Å². The monoisotopic (exact) mass is 276 g/mol. The summed E-state index contributed by atoms with van der Waals surface area (Å²) in [5.74, 6) is 0. The van der Waals surface area contributed by atoms with Gasteiger partial charge in [0.15, 0.2) is 0 Å². The molecule has 1 fully saturated rings. The Morgan fingerprint density at radius 3 is 2.85 bits per heavy atom. The maximum absolute atomic E-state index is 5.62. The summed E-state index contributed by atoms with van der Waals surface area (Å²) in [6.45, 7) is 5.34. The van der Waals surface area contributed by atoms with Gasteiger partial charge in [-0.25, -0.2) is 0 Å². The maximum atomic E-state index is 5.62. The normalized spacial score (nSPS) is 18.8. The lowest BCUT2D eigenvalue weighted by Gasteiger charge is -2.17. The van der Waals surface area contributed by atoms with Crippen molar-refractivity contribution in [1.82, 2.24) is 10.2 Å². The van der Waals surface area contributed by atoms with E-state index in [2.05, 4.69) is 47.6 Å². The van der Waals surface area contributed by atoms with Crippen molar-refractivity contribution in [2.45, 2.75) is 38.3 Å². The van der Waals surface area contributed by atoms with Gasteiger partial charge in [-0.05, 0) is 57.9 Å². The SMILES string of the molecule is CN(CCCNCCC1CCCO1)Cc1ccccc1. The van der Waals surface area contributed by atoms with Crippen LogP contribution in [-0.4, -0.2) is 44.3 Å². The third kappa shape index (κ3) is 6.04. The molecular weight excluding hydrogens is 248 g/mol. The molecule has 1 atom stereocenters. The number of rotatable bonds is 9. The van der Waals surface area contributed by atoms with Crippen LogP contribution in [0, 0.1) is 0 Å². The zero-order chi connectivity index (χ0) is 14.0. The second kappa shape index (κ2) is 9.11. The highest BCUT2D eigenvalue weighted by atomic mass is 16.5. The van der Waals surface area contributed by atoms with Crippen molar-refractivity contribution in [3.63, 3.8) is 0 Å². The molecule has 0 aliphatic carbocycles. The molecule has 3 heteroatoms. The largest absolute Gasteiger partial charge is 0.378 e. The Labute approximate surface area is 123 Å². The van der Waals surface area contributed by atoms with E-state index in [1.165, 1.54) is 31.2 Å². The van der Waals surface area contributed by atoms with Gasteiger partial charge < -0.3 is 15.0 Å². The summed E-state index contributed by atoms with van der Waals surface area (Å²) >= 11 is 0. The fourth-order valence-electron chi connectivity index (χ4n) is 2.71. The second-order valence-electron chi connectivity index (χ2n) is 5.75. The van der Waals surface area contributed by atoms with Crippen LogP contribution >= 0.6 is 0 Å². The first-order valence-corrected chi connectivity index (χ1v) is 7.89. The zero-order valence-corrected chi connectivity index (χ0v) is 12.7. The fraction of sp³-hybridized carbons (Fsp3) is 0.647. The molecule has 0 spiro atoms. The number of nitrogens with zero attached hydrogens (tertiary/aromatic N) is 1. The van der Waals surface area contributed by atoms with E-state index < -0.39 is 0 Å². The van der Waals surface area contributed by atoms with Crippen LogP contribution in [0.3, 0.4) is 0 Å². The molecule has 0 saturated carbocycles. The van der Waals surface area contributed by atoms with E-state index >= 15 is 0 Å². The average Bonchev–Trinajstić information content (AvgIpc) is 2.97. The first kappa shape index (κ1) is 15.5. The van der Waals surface area contributed by atoms with Crippen molar-refractivity contribution in [2.24, 2.45) is 0 Å². The minimum absolute atomic E-state index is 0.517. The predicted molar refractivity (Wildman–Crippen MR) is 83.9 cm³/mol. The van der Waals surface area contributed by atoms with Crippen LogP contribution in [0.2, 0.25) is 0 Å². The lowest BCUT2D eigenvalue weighted by atomic mass is 10.2. The highest BCUT2D eigenvalue weighted by Gasteiger charge is 2.14. The van der Waals surface area contributed by atoms with E-state index in [0.29, 0.717) is 6.10 Å². The van der Waals surface area contributed by atoms with Crippen LogP contribution in [0.4, 0.5) is 0 Å². The summed E-state index contributed by atoms with van der Waals surface area (Å²) in [4.78, 5) is 2.39. The van der Waals surface area contributed by atoms with Crippen LogP contribution in [0.1, 0.15) is 31.2 Å². The lowest BCUT2D eigenvalue weighted by Crippen LogP contribution is -2.25. The van der Waals surface area contributed by atoms with Crippen LogP contribution < -0.4 is 5.32 Å². The maximum Gasteiger partial charge on any atom is 0.0588 e. The molecule has 112 valence electrons. The van der Waals surface area contributed by atoms with Gasteiger partial charge in [-0.15, -0.1) is 0 Å². The number of hydrogen-bond donors (Lipinski definition) is 1. The van der Waals surface area contributed by atoms with Gasteiger partial charge in [0, 0.05) is 13.2 Å². The Kier molecular flexibility index (Phi) is 7.06. The van der Waals surface area contributed by atoms with E-state index in [1.54, 1.807) is 0 Å². The molecule has 1 aromatic carbocycles. The van der Waals surface area contributed by atoms with Gasteiger partial charge in [0.1, 0.15) is 0 Å². The minimum Gasteiger partial charge on any atom is -0.378 e. The highest BCUT2D eigenvalue weighted by molar-refractivity contribution is 5.14. The topological polar surface area (TPSA) is 24.5 Å². The van der Waals surface area contributed by atoms with Gasteiger partial charge >= 0.3 is 0 Å². The standard InChI is InChI=1S/C17H28N2O/c1-19(15-16-7-3-2-4-8-16)13-6-11-18-12-10-17-9-5-14-20-17/h2-4,7-8,17-18H,5-6,9-15H2,1H3. The first-order valence-electron chi connectivity index (χ1n) is 7.89. The highest BCUT2D eigenvalue weighted by Crippen LogP contribution is 2.14. The van der Waals surface area contributed by atoms with Crippen molar-refractivity contribution < 1.29 is 4.74 Å². The van der Waals surface area contributed by atoms with Crippen molar-refractivity contribution >= 4 is 0 Å². The predicted octanol–water partition coefficient (Wildman–Crippen LogP) is 2.67. The molecule has 0 amide bonds. The Bertz CT molecular complexity index is 349. The molecule has 1 N–H and O–H groups in total. The summed E-state index contributed by atoms with van der Waals surface area (Å²) in [7, 11) is 2.19. The Morgan fingerprint density at radius 1 is 1.25 bits per heavy atom. The molecule has 1 aliphatic rings. The molecule has 0 radical (unpaired) electrons. The van der Waals surface area contributed by atoms with Gasteiger partial charge in [0.25, 0.3) is 0 Å². The molecule has 0 bridgehead atoms. The quantitative estimate of drug-likeness (QED) is 0.702. The second-order valence-corrected chi connectivity index (χ2v) is 5.75. The van der Waals surface area contributed by atoms with Crippen molar-refractivity contribution in [3.05, 3.63) is 35.9 Å². The minimum atomic E-state index is 0.517. The Morgan fingerprint density at radius 2 is 2.10 bits per heavy atom. The van der Waals surface area contributed by atoms with Gasteiger partial charge in [0.05, 0.1) is 6.10 Å². The summed E-state index contributed by atoms with van der Waals surface area (Å²) < 4.78 is 5.62. The van der Waals surface area contributed by atoms with Crippen LogP contribution in [0.5, 0.6) is 0 Å². The van der Waals surface area contributed by atoms with E-state index in [-0.39, 0.29) is 0 Å². The third-order valence-corrected chi connectivity index (χ3v) is 3.86. The van der Waals surface area contributed by atoms with E-state index in [9.17, 15) is 0 Å². The van der Waals surface area contributed by atoms with Crippen LogP contribution in [0.15, 0.2) is 30.3 Å². The van der Waals surface area contributed by atoms with E-state index in [1.807, 2.05) is 0 Å². The van der Waals surface area contributed by atoms with Gasteiger partial charge in [-0.3, -0.25) is 0 Å². The fourth-order valence-corrected chi connectivity index (χ4v) is 2.71. The molecule has 3 nitrogen and oxygen atoms in total. The smallest absolute Gasteiger partial charge is 0.0588 e. The number of benzene rings is 1. The molecule has 1 saturated heterocycles. The first-order chi connectivity index (χ1) is 9.84. The summed E-state index contributed by atoms with van der Waals surface area (Å²) in [5, 5.41) is 3.52. The summed E-state index contributed by atoms with van der Waals surface area (Å²) in [6.07, 6.45) is 5.38. The van der Waals surface area contributed by atoms with E-state index in [4.69, 9.17) is 4.74 Å². The molecular formula is C17H28N2O. The van der Waals surface area contributed by atoms with Gasteiger partial charge in [0.2, 0.25) is 0 Å². The van der Waals surface area contributed by atoms with Crippen LogP contribution in [-0.2, 0) is 11.3 Å². The van der Waals surface area contributed by atoms with Crippen LogP contribution in [0.25, 0.3) is 0 Å². The molecule has 1 aromatic rings. The van der Waals surface area contributed by atoms with Crippen molar-refractivity contribution in [2.75, 3.05) is 33.3 Å². The van der Waals surface area contributed by atoms with Crippen molar-refractivity contribution in [3.8, 4) is 0 Å². The molecule has 2 rings (SSSR count). The summed E-state index contributed by atoms with van der Waals surface area (Å²) in [6, 6.07) is 10.7. The molecule has 1 unspecified atom stereocenters. The lowest BCUT2D eigenvalue weighted by molar-refractivity contribution is 0.104. The van der Waals surface area contributed by atoms with Gasteiger partial charge in [-0.1, -0.05) is 30.3 Å². The number of ether oxygens (including phenoxy) is 1. The molecule has 20 heavy (non-hydrogen) atoms. The molecule has 1 heterocycles. The number of hydrogen-bond acceptors (Lipinski definition) is 3. The van der Waals surface area contributed by atoms with Gasteiger partial charge in [-0.2, -0.15) is 0 Å². The third-order valence-electron chi connectivity index (χ3n) is 3.86. The average molecular weight is 276 g/mol. The zero-order valence-electron chi connectivity index (χ0n) is 12.7. The van der Waals surface area contributed by atoms with Crippen molar-refractivity contribution in [1.29, 1.82) is 0 Å². The number of nitrogens with one attached hydrogen (secondary N) is 1. The Balaban J connectivity index is 1.46.